The van der Waals surface area contributed by atoms with Gasteiger partial charge in [-0.2, -0.15) is 10.2 Å². The lowest BCUT2D eigenvalue weighted by molar-refractivity contribution is -0.130. The van der Waals surface area contributed by atoms with Crippen molar-refractivity contribution in [2.45, 2.75) is 19.4 Å². The van der Waals surface area contributed by atoms with Gasteiger partial charge in [-0.3, -0.25) is 4.79 Å². The summed E-state index contributed by atoms with van der Waals surface area (Å²) in [4.78, 5) is 12.7. The van der Waals surface area contributed by atoms with Crippen LogP contribution in [0.5, 0.6) is 11.5 Å². The Morgan fingerprint density at radius 1 is 0.943 bits per heavy atom. The monoisotopic (exact) mass is 466 g/mol. The summed E-state index contributed by atoms with van der Waals surface area (Å²) in [5.41, 5.74) is 5.23. The van der Waals surface area contributed by atoms with Crippen LogP contribution >= 0.6 is 0 Å². The third kappa shape index (κ3) is 4.28. The van der Waals surface area contributed by atoms with Crippen molar-refractivity contribution in [3.63, 3.8) is 0 Å². The standard InChI is InChI=1S/C28H26N4O3/c1-19(33)32-26(17-25(29-32)23-16-22(34-2)14-15-27(23)35-3)24-18-31(21-12-8-5-9-13-21)30-28(24)20-10-6-4-7-11-20/h4-16,18,26H,17H2,1-3H3/t26-/m1/s1. The van der Waals surface area contributed by atoms with Crippen molar-refractivity contribution in [2.24, 2.45) is 5.10 Å². The van der Waals surface area contributed by atoms with Crippen LogP contribution < -0.4 is 9.47 Å². The van der Waals surface area contributed by atoms with Gasteiger partial charge in [0.1, 0.15) is 11.5 Å². The van der Waals surface area contributed by atoms with Crippen molar-refractivity contribution in [1.82, 2.24) is 14.8 Å². The Labute approximate surface area is 204 Å². The first-order valence-corrected chi connectivity index (χ1v) is 11.4. The minimum Gasteiger partial charge on any atom is -0.497 e. The molecule has 7 nitrogen and oxygen atoms in total. The Bertz CT molecular complexity index is 1380. The number of hydrazone groups is 1. The molecule has 2 heterocycles. The number of ether oxygens (including phenoxy) is 2. The Morgan fingerprint density at radius 2 is 1.66 bits per heavy atom. The number of rotatable bonds is 6. The van der Waals surface area contributed by atoms with Gasteiger partial charge in [-0.05, 0) is 30.3 Å². The summed E-state index contributed by atoms with van der Waals surface area (Å²) in [6.45, 7) is 1.53. The largest absolute Gasteiger partial charge is 0.497 e. The molecule has 1 atom stereocenters. The van der Waals surface area contributed by atoms with Crippen LogP contribution in [0.15, 0.2) is 90.2 Å². The number of para-hydroxylation sites is 1. The normalized spacial score (nSPS) is 15.1. The summed E-state index contributed by atoms with van der Waals surface area (Å²) in [6, 6.07) is 25.2. The van der Waals surface area contributed by atoms with E-state index in [0.29, 0.717) is 17.9 Å². The zero-order valence-electron chi connectivity index (χ0n) is 19.9. The lowest BCUT2D eigenvalue weighted by Crippen LogP contribution is -2.24. The molecule has 0 N–H and O–H groups in total. The summed E-state index contributed by atoms with van der Waals surface area (Å²) in [6.07, 6.45) is 2.52. The second-order valence-electron chi connectivity index (χ2n) is 8.28. The number of benzene rings is 3. The molecule has 0 spiro atoms. The fourth-order valence-electron chi connectivity index (χ4n) is 4.41. The number of carbonyl (C=O) groups excluding carboxylic acids is 1. The zero-order chi connectivity index (χ0) is 24.4. The quantitative estimate of drug-likeness (QED) is 0.389. The number of aromatic nitrogens is 2. The highest BCUT2D eigenvalue weighted by atomic mass is 16.5. The van der Waals surface area contributed by atoms with Crippen molar-refractivity contribution in [1.29, 1.82) is 0 Å². The molecule has 176 valence electrons. The third-order valence-corrected chi connectivity index (χ3v) is 6.12. The third-order valence-electron chi connectivity index (χ3n) is 6.12. The lowest BCUT2D eigenvalue weighted by Gasteiger charge is -2.20. The van der Waals surface area contributed by atoms with Crippen LogP contribution in [0, 0.1) is 0 Å². The Morgan fingerprint density at radius 3 is 2.31 bits per heavy atom. The Balaban J connectivity index is 1.62. The predicted molar refractivity (Wildman–Crippen MR) is 135 cm³/mol. The highest BCUT2D eigenvalue weighted by Crippen LogP contribution is 2.40. The average Bonchev–Trinajstić information content (AvgIpc) is 3.54. The number of nitrogens with zero attached hydrogens (tertiary/aromatic N) is 4. The molecule has 0 unspecified atom stereocenters. The van der Waals surface area contributed by atoms with E-state index in [1.807, 2.05) is 89.7 Å². The number of hydrogen-bond acceptors (Lipinski definition) is 5. The summed E-state index contributed by atoms with van der Waals surface area (Å²) >= 11 is 0. The maximum atomic E-state index is 12.7. The first-order valence-electron chi connectivity index (χ1n) is 11.4. The molecule has 5 rings (SSSR count). The maximum Gasteiger partial charge on any atom is 0.240 e. The summed E-state index contributed by atoms with van der Waals surface area (Å²) in [5.74, 6) is 1.23. The van der Waals surface area contributed by atoms with E-state index in [2.05, 4.69) is 0 Å². The van der Waals surface area contributed by atoms with Gasteiger partial charge in [0.25, 0.3) is 0 Å². The summed E-state index contributed by atoms with van der Waals surface area (Å²) in [7, 11) is 3.25. The molecule has 0 saturated carbocycles. The molecular formula is C28H26N4O3. The van der Waals surface area contributed by atoms with Gasteiger partial charge in [-0.15, -0.1) is 0 Å². The molecule has 0 bridgehead atoms. The van der Waals surface area contributed by atoms with Crippen molar-refractivity contribution in [2.75, 3.05) is 14.2 Å². The van der Waals surface area contributed by atoms with Crippen LogP contribution in [0.2, 0.25) is 0 Å². The number of carbonyl (C=O) groups is 1. The van der Waals surface area contributed by atoms with Crippen LogP contribution in [0.25, 0.3) is 16.9 Å². The van der Waals surface area contributed by atoms with E-state index in [9.17, 15) is 4.79 Å². The van der Waals surface area contributed by atoms with E-state index in [1.165, 1.54) is 6.92 Å². The van der Waals surface area contributed by atoms with E-state index in [4.69, 9.17) is 19.7 Å². The van der Waals surface area contributed by atoms with Crippen molar-refractivity contribution in [3.8, 4) is 28.4 Å². The second-order valence-corrected chi connectivity index (χ2v) is 8.28. The van der Waals surface area contributed by atoms with Crippen molar-refractivity contribution < 1.29 is 14.3 Å². The number of methoxy groups -OCH3 is 2. The average molecular weight is 467 g/mol. The molecule has 0 aliphatic carbocycles. The van der Waals surface area contributed by atoms with Crippen LogP contribution in [0.4, 0.5) is 0 Å². The fraction of sp³-hybridized carbons (Fsp3) is 0.179. The van der Waals surface area contributed by atoms with Gasteiger partial charge >= 0.3 is 0 Å². The van der Waals surface area contributed by atoms with E-state index in [-0.39, 0.29) is 11.9 Å². The van der Waals surface area contributed by atoms with E-state index >= 15 is 0 Å². The predicted octanol–water partition coefficient (Wildman–Crippen LogP) is 5.25. The van der Waals surface area contributed by atoms with Crippen LogP contribution in [0.3, 0.4) is 0 Å². The Kier molecular flexibility index (Phi) is 6.06. The number of hydrogen-bond donors (Lipinski definition) is 0. The molecule has 1 amide bonds. The maximum absolute atomic E-state index is 12.7. The van der Waals surface area contributed by atoms with Gasteiger partial charge in [0.2, 0.25) is 5.91 Å². The molecule has 1 aromatic heterocycles. The molecular weight excluding hydrogens is 440 g/mol. The fourth-order valence-corrected chi connectivity index (χ4v) is 4.41. The second kappa shape index (κ2) is 9.46. The van der Waals surface area contributed by atoms with Crippen LogP contribution in [-0.2, 0) is 4.79 Å². The van der Waals surface area contributed by atoms with Gasteiger partial charge < -0.3 is 9.47 Å². The molecule has 0 fully saturated rings. The van der Waals surface area contributed by atoms with Crippen LogP contribution in [-0.4, -0.2) is 40.6 Å². The van der Waals surface area contributed by atoms with Gasteiger partial charge in [-0.25, -0.2) is 9.69 Å². The molecule has 4 aromatic rings. The van der Waals surface area contributed by atoms with Crippen molar-refractivity contribution in [3.05, 3.63) is 96.2 Å². The molecule has 0 saturated heterocycles. The minimum absolute atomic E-state index is 0.140. The molecule has 1 aliphatic rings. The SMILES string of the molecule is COc1ccc(OC)c(C2=NN(C(C)=O)[C@@H](c3cn(-c4ccccc4)nc3-c3ccccc3)C2)c1. The summed E-state index contributed by atoms with van der Waals surface area (Å²) in [5, 5.41) is 11.2. The zero-order valence-corrected chi connectivity index (χ0v) is 19.9. The topological polar surface area (TPSA) is 69.0 Å². The number of amides is 1. The van der Waals surface area contributed by atoms with Gasteiger partial charge in [0.15, 0.2) is 0 Å². The lowest BCUT2D eigenvalue weighted by atomic mass is 9.96. The van der Waals surface area contributed by atoms with Gasteiger partial charge in [0, 0.05) is 36.2 Å². The highest BCUT2D eigenvalue weighted by Gasteiger charge is 2.35. The van der Waals surface area contributed by atoms with E-state index in [1.54, 1.807) is 19.2 Å². The summed E-state index contributed by atoms with van der Waals surface area (Å²) < 4.78 is 12.9. The van der Waals surface area contributed by atoms with E-state index < -0.39 is 0 Å². The molecule has 3 aromatic carbocycles. The van der Waals surface area contributed by atoms with E-state index in [0.717, 1.165) is 33.8 Å². The first kappa shape index (κ1) is 22.4. The molecule has 0 radical (unpaired) electrons. The van der Waals surface area contributed by atoms with Gasteiger partial charge in [0.05, 0.1) is 37.4 Å². The highest BCUT2D eigenvalue weighted by molar-refractivity contribution is 6.05. The smallest absolute Gasteiger partial charge is 0.240 e. The minimum atomic E-state index is -0.314. The molecule has 35 heavy (non-hydrogen) atoms. The first-order chi connectivity index (χ1) is 17.1. The Hall–Kier alpha value is -4.39. The van der Waals surface area contributed by atoms with Crippen molar-refractivity contribution >= 4 is 11.6 Å². The van der Waals surface area contributed by atoms with Crippen LogP contribution in [0.1, 0.15) is 30.5 Å². The molecule has 1 aliphatic heterocycles. The van der Waals surface area contributed by atoms with Gasteiger partial charge in [-0.1, -0.05) is 48.5 Å². The molecule has 7 heteroatoms.